The maximum absolute atomic E-state index is 13.5. The van der Waals surface area contributed by atoms with Crippen molar-refractivity contribution in [1.82, 2.24) is 5.32 Å². The molecule has 446 valence electrons. The number of allylic oxidation sites excluding steroid dienone is 1. The molecule has 3 atom stereocenters. The van der Waals surface area contributed by atoms with E-state index in [1.807, 2.05) is 33.3 Å². The lowest BCUT2D eigenvalue weighted by molar-refractivity contribution is -0.870. The SMILES string of the molecule is CCCCCCCCCCC/C=C\C(OC(=O)CCCCCCCCCCCCCCCCC)C(COP(=O)([O-])OCC[N+](C)(C)C)NC(=O)CCCCCCCCCCCCCCCCCCCCCCCCC. The number of unbranched alkanes of at least 4 members (excludes halogenated alkanes) is 45. The number of hydrogen-bond donors (Lipinski definition) is 1. The highest BCUT2D eigenvalue weighted by Crippen LogP contribution is 2.38. The second-order valence-corrected chi connectivity index (χ2v) is 25.4. The average Bonchev–Trinajstić information content (AvgIpc) is 3.37. The molecule has 0 spiro atoms. The molecule has 0 aromatic carbocycles. The molecule has 0 aromatic rings. The van der Waals surface area contributed by atoms with Gasteiger partial charge in [0.2, 0.25) is 5.91 Å². The number of likely N-dealkylation sites (N-methyl/N-ethyl adjacent to an activating group) is 1. The fourth-order valence-corrected chi connectivity index (χ4v) is 10.8. The molecule has 0 saturated heterocycles. The summed E-state index contributed by atoms with van der Waals surface area (Å²) in [5, 5.41) is 3.04. The first-order valence-corrected chi connectivity index (χ1v) is 34.5. The zero-order chi connectivity index (χ0) is 55.0. The van der Waals surface area contributed by atoms with Crippen LogP contribution in [0.2, 0.25) is 0 Å². The Morgan fingerprint density at radius 3 is 1.09 bits per heavy atom. The van der Waals surface area contributed by atoms with Crippen molar-refractivity contribution < 1.29 is 37.3 Å². The zero-order valence-electron chi connectivity index (χ0n) is 51.0. The molecule has 0 heterocycles. The van der Waals surface area contributed by atoms with E-state index in [9.17, 15) is 19.0 Å². The number of hydrogen-bond acceptors (Lipinski definition) is 7. The molecule has 0 rings (SSSR count). The van der Waals surface area contributed by atoms with Gasteiger partial charge in [-0.05, 0) is 31.8 Å². The largest absolute Gasteiger partial charge is 0.756 e. The van der Waals surface area contributed by atoms with Gasteiger partial charge < -0.3 is 28.5 Å². The van der Waals surface area contributed by atoms with E-state index < -0.39 is 20.0 Å². The Labute approximate surface area is 467 Å². The molecule has 0 fully saturated rings. The standard InChI is InChI=1S/C65H129N2O7P/c1-7-10-13-16-19-22-25-27-29-30-31-32-33-34-35-36-38-39-42-45-48-51-54-57-64(68)66-62(61-73-75(70,71)72-60-59-67(4,5)6)63(56-53-50-47-44-41-24-21-18-15-12-9-3)74-65(69)58-55-52-49-46-43-40-37-28-26-23-20-17-14-11-8-2/h53,56,62-63H,7-52,54-55,57-61H2,1-6H3,(H-,66,68,70,71)/b56-53-. The van der Waals surface area contributed by atoms with E-state index in [0.717, 1.165) is 57.8 Å². The van der Waals surface area contributed by atoms with Crippen LogP contribution in [0, 0.1) is 0 Å². The topological polar surface area (TPSA) is 114 Å². The maximum atomic E-state index is 13.5. The summed E-state index contributed by atoms with van der Waals surface area (Å²) in [6, 6.07) is -0.879. The highest BCUT2D eigenvalue weighted by molar-refractivity contribution is 7.45. The molecule has 1 N–H and O–H groups in total. The van der Waals surface area contributed by atoms with Crippen LogP contribution in [-0.4, -0.2) is 69.4 Å². The third kappa shape index (κ3) is 57.3. The number of phosphoric acid groups is 1. The number of nitrogens with zero attached hydrogens (tertiary/aromatic N) is 1. The summed E-state index contributed by atoms with van der Waals surface area (Å²) < 4.78 is 30.3. The van der Waals surface area contributed by atoms with E-state index in [2.05, 4.69) is 26.1 Å². The summed E-state index contributed by atoms with van der Waals surface area (Å²) in [6.45, 7) is 6.90. The van der Waals surface area contributed by atoms with Crippen LogP contribution in [0.5, 0.6) is 0 Å². The highest BCUT2D eigenvalue weighted by atomic mass is 31.2. The van der Waals surface area contributed by atoms with Gasteiger partial charge in [0.05, 0.1) is 33.8 Å². The van der Waals surface area contributed by atoms with Crippen LogP contribution < -0.4 is 10.2 Å². The Morgan fingerprint density at radius 2 is 0.760 bits per heavy atom. The third-order valence-corrected chi connectivity index (χ3v) is 16.2. The van der Waals surface area contributed by atoms with Crippen LogP contribution in [0.4, 0.5) is 0 Å². The van der Waals surface area contributed by atoms with Gasteiger partial charge in [-0.2, -0.15) is 0 Å². The number of ether oxygens (including phenoxy) is 1. The number of quaternary nitrogens is 1. The van der Waals surface area contributed by atoms with Crippen molar-refractivity contribution in [3.8, 4) is 0 Å². The zero-order valence-corrected chi connectivity index (χ0v) is 51.9. The number of nitrogens with one attached hydrogen (secondary N) is 1. The maximum Gasteiger partial charge on any atom is 0.306 e. The van der Waals surface area contributed by atoms with E-state index >= 15 is 0 Å². The molecule has 0 bridgehead atoms. The van der Waals surface area contributed by atoms with Gasteiger partial charge in [-0.25, -0.2) is 0 Å². The van der Waals surface area contributed by atoms with Crippen LogP contribution in [0.15, 0.2) is 12.2 Å². The van der Waals surface area contributed by atoms with Gasteiger partial charge in [0, 0.05) is 12.8 Å². The lowest BCUT2D eigenvalue weighted by atomic mass is 10.0. The predicted octanol–water partition coefficient (Wildman–Crippen LogP) is 19.7. The smallest absolute Gasteiger partial charge is 0.306 e. The first-order chi connectivity index (χ1) is 36.4. The van der Waals surface area contributed by atoms with Gasteiger partial charge in [-0.1, -0.05) is 309 Å². The lowest BCUT2D eigenvalue weighted by Gasteiger charge is -2.30. The summed E-state index contributed by atoms with van der Waals surface area (Å²) >= 11 is 0. The second-order valence-electron chi connectivity index (χ2n) is 24.0. The molecule has 0 radical (unpaired) electrons. The van der Waals surface area contributed by atoms with Gasteiger partial charge in [-0.3, -0.25) is 14.2 Å². The molecule has 1 amide bonds. The van der Waals surface area contributed by atoms with Crippen LogP contribution in [0.1, 0.15) is 342 Å². The van der Waals surface area contributed by atoms with Crippen LogP contribution in [0.25, 0.3) is 0 Å². The fraction of sp³-hybridized carbons (Fsp3) is 0.938. The molecular formula is C65H129N2O7P. The van der Waals surface area contributed by atoms with E-state index in [4.69, 9.17) is 13.8 Å². The number of carbonyl (C=O) groups is 2. The summed E-state index contributed by atoms with van der Waals surface area (Å²) in [7, 11) is 1.21. The lowest BCUT2D eigenvalue weighted by Crippen LogP contribution is -2.47. The molecular weight excluding hydrogens is 952 g/mol. The molecule has 0 aliphatic carbocycles. The first kappa shape index (κ1) is 73.8. The van der Waals surface area contributed by atoms with Crippen LogP contribution in [0.3, 0.4) is 0 Å². The molecule has 10 heteroatoms. The van der Waals surface area contributed by atoms with E-state index in [1.165, 1.54) is 250 Å². The molecule has 9 nitrogen and oxygen atoms in total. The number of esters is 1. The van der Waals surface area contributed by atoms with Crippen molar-refractivity contribution in [2.75, 3.05) is 40.9 Å². The van der Waals surface area contributed by atoms with E-state index in [0.29, 0.717) is 17.4 Å². The first-order valence-electron chi connectivity index (χ1n) is 33.0. The summed E-state index contributed by atoms with van der Waals surface area (Å²) in [6.07, 6.45) is 64.7. The van der Waals surface area contributed by atoms with E-state index in [1.54, 1.807) is 0 Å². The summed E-state index contributed by atoms with van der Waals surface area (Å²) in [4.78, 5) is 40.0. The van der Waals surface area contributed by atoms with Crippen LogP contribution >= 0.6 is 7.82 Å². The van der Waals surface area contributed by atoms with Gasteiger partial charge in [-0.15, -0.1) is 0 Å². The fourth-order valence-electron chi connectivity index (χ4n) is 10.1. The number of amides is 1. The third-order valence-electron chi connectivity index (χ3n) is 15.2. The Hall–Kier alpha value is -1.25. The molecule has 3 unspecified atom stereocenters. The van der Waals surface area contributed by atoms with Gasteiger partial charge in [0.1, 0.15) is 19.3 Å². The van der Waals surface area contributed by atoms with Crippen molar-refractivity contribution in [2.24, 2.45) is 0 Å². The van der Waals surface area contributed by atoms with Gasteiger partial charge >= 0.3 is 5.97 Å². The average molecular weight is 1080 g/mol. The molecule has 0 aromatic heterocycles. The Bertz CT molecular complexity index is 1290. The van der Waals surface area contributed by atoms with Crippen molar-refractivity contribution in [1.29, 1.82) is 0 Å². The van der Waals surface area contributed by atoms with Crippen molar-refractivity contribution in [3.05, 3.63) is 12.2 Å². The number of rotatable bonds is 61. The second kappa shape index (κ2) is 56.0. The summed E-state index contributed by atoms with van der Waals surface area (Å²) in [5.74, 6) is -0.518. The quantitative estimate of drug-likeness (QED) is 0.0212. The minimum Gasteiger partial charge on any atom is -0.756 e. The Kier molecular flexibility index (Phi) is 55.1. The number of phosphoric ester groups is 1. The molecule has 0 aliphatic rings. The monoisotopic (exact) mass is 1080 g/mol. The number of carbonyl (C=O) groups excluding carboxylic acids is 2. The highest BCUT2D eigenvalue weighted by Gasteiger charge is 2.27. The molecule has 0 aliphatic heterocycles. The van der Waals surface area contributed by atoms with Gasteiger partial charge in [0.25, 0.3) is 7.82 Å². The van der Waals surface area contributed by atoms with Crippen LogP contribution in [-0.2, 0) is 27.9 Å². The van der Waals surface area contributed by atoms with Gasteiger partial charge in [0.15, 0.2) is 0 Å². The minimum atomic E-state index is -4.69. The Morgan fingerprint density at radius 1 is 0.453 bits per heavy atom. The molecule has 75 heavy (non-hydrogen) atoms. The minimum absolute atomic E-state index is 0.0167. The van der Waals surface area contributed by atoms with Crippen molar-refractivity contribution in [2.45, 2.75) is 354 Å². The molecule has 0 saturated carbocycles. The van der Waals surface area contributed by atoms with Crippen molar-refractivity contribution >= 4 is 19.7 Å². The normalized spacial score (nSPS) is 13.6. The predicted molar refractivity (Wildman–Crippen MR) is 321 cm³/mol. The van der Waals surface area contributed by atoms with Crippen molar-refractivity contribution in [3.63, 3.8) is 0 Å². The Balaban J connectivity index is 5.04. The van der Waals surface area contributed by atoms with E-state index in [-0.39, 0.29) is 31.5 Å². The summed E-state index contributed by atoms with van der Waals surface area (Å²) in [5.41, 5.74) is 0.